The van der Waals surface area contributed by atoms with Crippen LogP contribution < -0.4 is 10.6 Å². The van der Waals surface area contributed by atoms with Gasteiger partial charge in [-0.2, -0.15) is 0 Å². The Hall–Kier alpha value is -1.10. The van der Waals surface area contributed by atoms with Crippen LogP contribution in [0.2, 0.25) is 0 Å². The Kier molecular flexibility index (Phi) is 3.34. The predicted molar refractivity (Wildman–Crippen MR) is 55.4 cm³/mol. The van der Waals surface area contributed by atoms with Crippen molar-refractivity contribution in [3.05, 3.63) is 0 Å². The molecule has 1 aliphatic carbocycles. The third kappa shape index (κ3) is 2.47. The minimum atomic E-state index is -0.980. The van der Waals surface area contributed by atoms with Gasteiger partial charge in [-0.1, -0.05) is 0 Å². The number of hydrogen-bond donors (Lipinski definition) is 3. The highest BCUT2D eigenvalue weighted by atomic mass is 16.4. The summed E-state index contributed by atoms with van der Waals surface area (Å²) >= 11 is 0. The Labute approximate surface area is 89.2 Å². The zero-order valence-electron chi connectivity index (χ0n) is 9.33. The Balaban J connectivity index is 2.66. The third-order valence-electron chi connectivity index (χ3n) is 2.99. The van der Waals surface area contributed by atoms with Gasteiger partial charge in [0.1, 0.15) is 5.54 Å². The van der Waals surface area contributed by atoms with E-state index in [4.69, 9.17) is 5.11 Å². The van der Waals surface area contributed by atoms with Crippen molar-refractivity contribution in [2.45, 2.75) is 38.3 Å². The minimum Gasteiger partial charge on any atom is -0.480 e. The Morgan fingerprint density at radius 1 is 1.47 bits per heavy atom. The van der Waals surface area contributed by atoms with Gasteiger partial charge < -0.3 is 10.4 Å². The van der Waals surface area contributed by atoms with Gasteiger partial charge in [0.2, 0.25) is 5.91 Å². The summed E-state index contributed by atoms with van der Waals surface area (Å²) in [5.74, 6) is -0.939. The summed E-state index contributed by atoms with van der Waals surface area (Å²) in [5, 5.41) is 14.5. The summed E-state index contributed by atoms with van der Waals surface area (Å²) in [4.78, 5) is 22.4. The highest BCUT2D eigenvalue weighted by Crippen LogP contribution is 2.39. The number of carboxylic acids is 1. The van der Waals surface area contributed by atoms with Gasteiger partial charge in [-0.05, 0) is 32.6 Å². The lowest BCUT2D eigenvalue weighted by Gasteiger charge is -2.29. The van der Waals surface area contributed by atoms with Crippen LogP contribution in [0.3, 0.4) is 0 Å². The Bertz CT molecular complexity index is 276. The van der Waals surface area contributed by atoms with Crippen molar-refractivity contribution in [2.75, 3.05) is 7.05 Å². The molecule has 3 N–H and O–H groups in total. The molecule has 0 saturated heterocycles. The number of hydrogen-bond acceptors (Lipinski definition) is 3. The highest BCUT2D eigenvalue weighted by Gasteiger charge is 2.48. The lowest BCUT2D eigenvalue weighted by atomic mass is 9.95. The monoisotopic (exact) mass is 214 g/mol. The van der Waals surface area contributed by atoms with Crippen LogP contribution in [0.25, 0.3) is 0 Å². The standard InChI is InChI=1S/C10H18N2O3/c1-6(8(13)11-3)12-10(2,9(14)15)7-4-5-7/h6-7,12H,4-5H2,1-3H3,(H,11,13)(H,14,15). The second kappa shape index (κ2) is 4.18. The fourth-order valence-electron chi connectivity index (χ4n) is 1.75. The number of carboxylic acid groups (broad SMARTS) is 1. The van der Waals surface area contributed by atoms with Crippen molar-refractivity contribution >= 4 is 11.9 Å². The maximum absolute atomic E-state index is 11.3. The van der Waals surface area contributed by atoms with E-state index in [2.05, 4.69) is 10.6 Å². The van der Waals surface area contributed by atoms with Crippen LogP contribution in [0, 0.1) is 5.92 Å². The van der Waals surface area contributed by atoms with Crippen LogP contribution >= 0.6 is 0 Å². The minimum absolute atomic E-state index is 0.141. The molecule has 0 aromatic heterocycles. The summed E-state index contributed by atoms with van der Waals surface area (Å²) in [7, 11) is 1.54. The maximum Gasteiger partial charge on any atom is 0.323 e. The molecule has 1 rings (SSSR count). The molecule has 5 nitrogen and oxygen atoms in total. The van der Waals surface area contributed by atoms with Crippen LogP contribution in [0.5, 0.6) is 0 Å². The van der Waals surface area contributed by atoms with E-state index in [0.29, 0.717) is 0 Å². The number of likely N-dealkylation sites (N-methyl/N-ethyl adjacent to an activating group) is 1. The molecule has 2 atom stereocenters. The van der Waals surface area contributed by atoms with Crippen LogP contribution in [0.15, 0.2) is 0 Å². The first kappa shape index (κ1) is 12.0. The SMILES string of the molecule is CNC(=O)C(C)NC(C)(C(=O)O)C1CC1. The number of carbonyl (C=O) groups is 2. The third-order valence-corrected chi connectivity index (χ3v) is 2.99. The number of amides is 1. The van der Waals surface area contributed by atoms with Crippen molar-refractivity contribution in [3.8, 4) is 0 Å². The summed E-state index contributed by atoms with van der Waals surface area (Å²) in [6.07, 6.45) is 1.83. The van der Waals surface area contributed by atoms with Gasteiger partial charge in [0.15, 0.2) is 0 Å². The quantitative estimate of drug-likeness (QED) is 0.600. The Morgan fingerprint density at radius 2 is 2.00 bits per heavy atom. The van der Waals surface area contributed by atoms with E-state index in [-0.39, 0.29) is 11.8 Å². The number of carbonyl (C=O) groups excluding carboxylic acids is 1. The van der Waals surface area contributed by atoms with Gasteiger partial charge in [0.05, 0.1) is 6.04 Å². The summed E-state index contributed by atoms with van der Waals surface area (Å²) < 4.78 is 0. The zero-order chi connectivity index (χ0) is 11.6. The summed E-state index contributed by atoms with van der Waals surface area (Å²) in [5.41, 5.74) is -0.980. The largest absolute Gasteiger partial charge is 0.480 e. The molecule has 15 heavy (non-hydrogen) atoms. The van der Waals surface area contributed by atoms with E-state index in [1.807, 2.05) is 0 Å². The first-order chi connectivity index (χ1) is 6.91. The molecule has 0 spiro atoms. The molecule has 0 aliphatic heterocycles. The first-order valence-electron chi connectivity index (χ1n) is 5.14. The topological polar surface area (TPSA) is 78.4 Å². The molecule has 2 unspecified atom stereocenters. The van der Waals surface area contributed by atoms with Gasteiger partial charge >= 0.3 is 5.97 Å². The van der Waals surface area contributed by atoms with E-state index in [1.54, 1.807) is 13.8 Å². The fraction of sp³-hybridized carbons (Fsp3) is 0.800. The van der Waals surface area contributed by atoms with Crippen molar-refractivity contribution in [1.29, 1.82) is 0 Å². The van der Waals surface area contributed by atoms with Crippen molar-refractivity contribution < 1.29 is 14.7 Å². The number of rotatable bonds is 5. The van der Waals surface area contributed by atoms with Crippen LogP contribution in [-0.4, -0.2) is 35.6 Å². The van der Waals surface area contributed by atoms with E-state index < -0.39 is 17.6 Å². The molecule has 1 saturated carbocycles. The number of aliphatic carboxylic acids is 1. The normalized spacial score (nSPS) is 21.5. The maximum atomic E-state index is 11.3. The predicted octanol–water partition coefficient (Wildman–Crippen LogP) is -0.0362. The van der Waals surface area contributed by atoms with Gasteiger partial charge in [0, 0.05) is 7.05 Å². The van der Waals surface area contributed by atoms with Crippen LogP contribution in [-0.2, 0) is 9.59 Å². The van der Waals surface area contributed by atoms with E-state index in [1.165, 1.54) is 7.05 Å². The van der Waals surface area contributed by atoms with Crippen LogP contribution in [0.1, 0.15) is 26.7 Å². The Morgan fingerprint density at radius 3 is 2.33 bits per heavy atom. The van der Waals surface area contributed by atoms with E-state index in [0.717, 1.165) is 12.8 Å². The summed E-state index contributed by atoms with van der Waals surface area (Å²) in [6.45, 7) is 3.31. The van der Waals surface area contributed by atoms with Gasteiger partial charge in [-0.25, -0.2) is 0 Å². The van der Waals surface area contributed by atoms with Gasteiger partial charge in [0.25, 0.3) is 0 Å². The highest BCUT2D eigenvalue weighted by molar-refractivity contribution is 5.84. The molecular formula is C10H18N2O3. The molecule has 0 bridgehead atoms. The molecule has 0 radical (unpaired) electrons. The fourth-order valence-corrected chi connectivity index (χ4v) is 1.75. The molecule has 0 aromatic rings. The van der Waals surface area contributed by atoms with Gasteiger partial charge in [-0.3, -0.25) is 14.9 Å². The molecule has 1 amide bonds. The summed E-state index contributed by atoms with van der Waals surface area (Å²) in [6, 6.07) is -0.489. The molecule has 5 heteroatoms. The molecule has 1 aliphatic rings. The smallest absolute Gasteiger partial charge is 0.323 e. The molecule has 86 valence electrons. The second-order valence-corrected chi connectivity index (χ2v) is 4.26. The van der Waals surface area contributed by atoms with Crippen molar-refractivity contribution in [1.82, 2.24) is 10.6 Å². The average Bonchev–Trinajstić information content (AvgIpc) is 2.99. The van der Waals surface area contributed by atoms with E-state index >= 15 is 0 Å². The van der Waals surface area contributed by atoms with Gasteiger partial charge in [-0.15, -0.1) is 0 Å². The average molecular weight is 214 g/mol. The molecular weight excluding hydrogens is 196 g/mol. The zero-order valence-corrected chi connectivity index (χ0v) is 9.33. The molecule has 0 heterocycles. The van der Waals surface area contributed by atoms with E-state index in [9.17, 15) is 9.59 Å². The molecule has 0 aromatic carbocycles. The van der Waals surface area contributed by atoms with Crippen molar-refractivity contribution in [2.24, 2.45) is 5.92 Å². The first-order valence-corrected chi connectivity index (χ1v) is 5.14. The lowest BCUT2D eigenvalue weighted by molar-refractivity contribution is -0.145. The van der Waals surface area contributed by atoms with Crippen LogP contribution in [0.4, 0.5) is 0 Å². The molecule has 1 fully saturated rings. The second-order valence-electron chi connectivity index (χ2n) is 4.26. The van der Waals surface area contributed by atoms with Crippen molar-refractivity contribution in [3.63, 3.8) is 0 Å². The number of nitrogens with one attached hydrogen (secondary N) is 2. The lowest BCUT2D eigenvalue weighted by Crippen LogP contribution is -2.58.